The molecule has 2 rings (SSSR count). The number of hydrogen-bond donors (Lipinski definition) is 2. The van der Waals surface area contributed by atoms with Gasteiger partial charge in [-0.05, 0) is 25.0 Å². The van der Waals surface area contributed by atoms with Crippen LogP contribution in [0.1, 0.15) is 19.3 Å². The smallest absolute Gasteiger partial charge is 0.226 e. The normalized spacial score (nSPS) is 19.2. The fraction of sp³-hybridized carbons (Fsp3) is 0.417. The Hall–Kier alpha value is -1.26. The Bertz CT molecular complexity index is 416. The zero-order chi connectivity index (χ0) is 12.3. The summed E-state index contributed by atoms with van der Waals surface area (Å²) in [5.41, 5.74) is 0.537. The molecule has 2 N–H and O–H groups in total. The van der Waals surface area contributed by atoms with Gasteiger partial charge in [0, 0.05) is 18.4 Å². The Morgan fingerprint density at radius 1 is 1.59 bits per heavy atom. The predicted octanol–water partition coefficient (Wildman–Crippen LogP) is 2.55. The lowest BCUT2D eigenvalue weighted by Gasteiger charge is -2.10. The third-order valence-electron chi connectivity index (χ3n) is 2.67. The van der Waals surface area contributed by atoms with Crippen molar-refractivity contribution >= 4 is 23.2 Å². The molecular formula is C12H14ClNO3. The molecule has 0 radical (unpaired) electrons. The van der Waals surface area contributed by atoms with Gasteiger partial charge in [0.2, 0.25) is 5.91 Å². The highest BCUT2D eigenvalue weighted by Crippen LogP contribution is 2.26. The summed E-state index contributed by atoms with van der Waals surface area (Å²) >= 11 is 5.67. The number of ether oxygens (including phenoxy) is 1. The van der Waals surface area contributed by atoms with Crippen LogP contribution in [-0.4, -0.2) is 23.7 Å². The van der Waals surface area contributed by atoms with Crippen molar-refractivity contribution in [1.29, 1.82) is 0 Å². The van der Waals surface area contributed by atoms with Crippen molar-refractivity contribution in [2.24, 2.45) is 0 Å². The number of carbonyl (C=O) groups excluding carboxylic acids is 1. The van der Waals surface area contributed by atoms with Gasteiger partial charge in [0.05, 0.1) is 17.5 Å². The summed E-state index contributed by atoms with van der Waals surface area (Å²) in [6.45, 7) is 0.736. The highest BCUT2D eigenvalue weighted by molar-refractivity contribution is 6.32. The van der Waals surface area contributed by atoms with Crippen LogP contribution < -0.4 is 5.32 Å². The number of anilines is 1. The maximum atomic E-state index is 11.7. The lowest BCUT2D eigenvalue weighted by atomic mass is 10.2. The molecule has 17 heavy (non-hydrogen) atoms. The largest absolute Gasteiger partial charge is 0.506 e. The van der Waals surface area contributed by atoms with Crippen molar-refractivity contribution in [2.75, 3.05) is 11.9 Å². The summed E-state index contributed by atoms with van der Waals surface area (Å²) < 4.78 is 5.37. The van der Waals surface area contributed by atoms with E-state index in [2.05, 4.69) is 5.32 Å². The fourth-order valence-electron chi connectivity index (χ4n) is 1.81. The van der Waals surface area contributed by atoms with E-state index in [1.165, 1.54) is 6.07 Å². The van der Waals surface area contributed by atoms with E-state index in [9.17, 15) is 9.90 Å². The number of nitrogens with one attached hydrogen (secondary N) is 1. The summed E-state index contributed by atoms with van der Waals surface area (Å²) in [5.74, 6) is -0.153. The Balaban J connectivity index is 1.90. The maximum absolute atomic E-state index is 11.7. The minimum Gasteiger partial charge on any atom is -0.506 e. The van der Waals surface area contributed by atoms with Gasteiger partial charge in [0.15, 0.2) is 0 Å². The number of carbonyl (C=O) groups is 1. The van der Waals surface area contributed by atoms with Crippen LogP contribution in [0.2, 0.25) is 5.02 Å². The van der Waals surface area contributed by atoms with Crippen molar-refractivity contribution in [3.05, 3.63) is 23.2 Å². The molecule has 1 unspecified atom stereocenters. The number of benzene rings is 1. The average molecular weight is 256 g/mol. The van der Waals surface area contributed by atoms with Gasteiger partial charge in [-0.15, -0.1) is 0 Å². The van der Waals surface area contributed by atoms with E-state index >= 15 is 0 Å². The number of phenolic OH excluding ortho intramolecular Hbond substituents is 1. The molecule has 1 heterocycles. The van der Waals surface area contributed by atoms with E-state index < -0.39 is 0 Å². The van der Waals surface area contributed by atoms with Gasteiger partial charge in [-0.2, -0.15) is 0 Å². The number of halogens is 1. The standard InChI is InChI=1S/C12H14ClNO3/c13-10-4-3-8(6-11(10)15)14-12(16)7-9-2-1-5-17-9/h3-4,6,9,15H,1-2,5,7H2,(H,14,16). The van der Waals surface area contributed by atoms with E-state index in [0.717, 1.165) is 19.4 Å². The maximum Gasteiger partial charge on any atom is 0.226 e. The number of phenols is 1. The van der Waals surface area contributed by atoms with Gasteiger partial charge in [-0.25, -0.2) is 0 Å². The molecule has 1 aromatic rings. The molecule has 1 fully saturated rings. The minimum absolute atomic E-state index is 0.0240. The molecule has 0 spiro atoms. The van der Waals surface area contributed by atoms with E-state index in [1.54, 1.807) is 12.1 Å². The van der Waals surface area contributed by atoms with Crippen LogP contribution in [0, 0.1) is 0 Å². The van der Waals surface area contributed by atoms with Crippen molar-refractivity contribution in [2.45, 2.75) is 25.4 Å². The molecule has 1 atom stereocenters. The molecule has 0 aromatic heterocycles. The van der Waals surface area contributed by atoms with Gasteiger partial charge >= 0.3 is 0 Å². The Morgan fingerprint density at radius 3 is 3.06 bits per heavy atom. The lowest BCUT2D eigenvalue weighted by Crippen LogP contribution is -2.19. The third-order valence-corrected chi connectivity index (χ3v) is 2.99. The number of hydrogen-bond acceptors (Lipinski definition) is 3. The van der Waals surface area contributed by atoms with Gasteiger partial charge in [0.25, 0.3) is 0 Å². The number of aromatic hydroxyl groups is 1. The first-order chi connectivity index (χ1) is 8.15. The van der Waals surface area contributed by atoms with Crippen LogP contribution in [0.4, 0.5) is 5.69 Å². The monoisotopic (exact) mass is 255 g/mol. The SMILES string of the molecule is O=C(CC1CCCO1)Nc1ccc(Cl)c(O)c1. The average Bonchev–Trinajstić information content (AvgIpc) is 2.76. The van der Waals surface area contributed by atoms with Crippen LogP contribution >= 0.6 is 11.6 Å². The molecule has 1 aromatic carbocycles. The van der Waals surface area contributed by atoms with Gasteiger partial charge in [-0.1, -0.05) is 11.6 Å². The summed E-state index contributed by atoms with van der Waals surface area (Å²) in [4.78, 5) is 11.7. The first-order valence-electron chi connectivity index (χ1n) is 5.55. The molecule has 5 heteroatoms. The predicted molar refractivity (Wildman–Crippen MR) is 65.3 cm³/mol. The minimum atomic E-state index is -0.112. The summed E-state index contributed by atoms with van der Waals surface area (Å²) in [6, 6.07) is 4.61. The van der Waals surface area contributed by atoms with Crippen LogP contribution in [0.15, 0.2) is 18.2 Å². The first kappa shape index (κ1) is 12.2. The van der Waals surface area contributed by atoms with E-state index in [-0.39, 0.29) is 22.8 Å². The van der Waals surface area contributed by atoms with E-state index in [4.69, 9.17) is 16.3 Å². The molecule has 0 aliphatic carbocycles. The van der Waals surface area contributed by atoms with Crippen molar-refractivity contribution in [3.8, 4) is 5.75 Å². The van der Waals surface area contributed by atoms with Crippen molar-refractivity contribution in [1.82, 2.24) is 0 Å². The third kappa shape index (κ3) is 3.35. The molecular weight excluding hydrogens is 242 g/mol. The number of amides is 1. The first-order valence-corrected chi connectivity index (χ1v) is 5.93. The molecule has 1 saturated heterocycles. The van der Waals surface area contributed by atoms with Gasteiger partial charge < -0.3 is 15.2 Å². The molecule has 4 nitrogen and oxygen atoms in total. The van der Waals surface area contributed by atoms with E-state index in [0.29, 0.717) is 12.1 Å². The molecule has 1 aliphatic rings. The van der Waals surface area contributed by atoms with E-state index in [1.807, 2.05) is 0 Å². The quantitative estimate of drug-likeness (QED) is 0.873. The molecule has 0 bridgehead atoms. The lowest BCUT2D eigenvalue weighted by molar-refractivity contribution is -0.118. The zero-order valence-corrected chi connectivity index (χ0v) is 10.0. The van der Waals surface area contributed by atoms with Crippen molar-refractivity contribution < 1.29 is 14.6 Å². The van der Waals surface area contributed by atoms with Crippen molar-refractivity contribution in [3.63, 3.8) is 0 Å². The Labute approximate surface area is 105 Å². The highest BCUT2D eigenvalue weighted by atomic mass is 35.5. The molecule has 0 saturated carbocycles. The fourth-order valence-corrected chi connectivity index (χ4v) is 1.93. The molecule has 1 aliphatic heterocycles. The molecule has 1 amide bonds. The van der Waals surface area contributed by atoms with Crippen LogP contribution in [0.25, 0.3) is 0 Å². The summed E-state index contributed by atoms with van der Waals surface area (Å²) in [5, 5.41) is 12.4. The number of rotatable bonds is 3. The Morgan fingerprint density at radius 2 is 2.41 bits per heavy atom. The van der Waals surface area contributed by atoms with Crippen LogP contribution in [0.5, 0.6) is 5.75 Å². The molecule has 92 valence electrons. The highest BCUT2D eigenvalue weighted by Gasteiger charge is 2.19. The summed E-state index contributed by atoms with van der Waals surface area (Å²) in [6.07, 6.45) is 2.32. The topological polar surface area (TPSA) is 58.6 Å². The summed E-state index contributed by atoms with van der Waals surface area (Å²) in [7, 11) is 0. The second-order valence-corrected chi connectivity index (χ2v) is 4.46. The second kappa shape index (κ2) is 5.38. The van der Waals surface area contributed by atoms with Gasteiger partial charge in [-0.3, -0.25) is 4.79 Å². The zero-order valence-electron chi connectivity index (χ0n) is 9.28. The second-order valence-electron chi connectivity index (χ2n) is 4.05. The Kier molecular flexibility index (Phi) is 3.86. The van der Waals surface area contributed by atoms with Gasteiger partial charge in [0.1, 0.15) is 5.75 Å². The van der Waals surface area contributed by atoms with Crippen LogP contribution in [0.3, 0.4) is 0 Å². The van der Waals surface area contributed by atoms with Crippen LogP contribution in [-0.2, 0) is 9.53 Å².